The molecule has 1 heterocycles. The molecule has 1 unspecified atom stereocenters. The van der Waals surface area contributed by atoms with Gasteiger partial charge in [0, 0.05) is 19.5 Å². The molecule has 2 rings (SSSR count). The average Bonchev–Trinajstić information content (AvgIpc) is 2.76. The molecule has 0 radical (unpaired) electrons. The Kier molecular flexibility index (Phi) is 3.31. The van der Waals surface area contributed by atoms with Gasteiger partial charge in [0.1, 0.15) is 0 Å². The number of thiocarbonyl (C=S) groups is 1. The zero-order valence-corrected chi connectivity index (χ0v) is 10.5. The van der Waals surface area contributed by atoms with Crippen LogP contribution in [0.1, 0.15) is 39.0 Å². The van der Waals surface area contributed by atoms with Crippen molar-refractivity contribution in [2.24, 2.45) is 17.1 Å². The SMILES string of the molecule is CCC1CCN(CC2(CC(N)=S)CC2)C1. The largest absolute Gasteiger partial charge is 0.393 e. The summed E-state index contributed by atoms with van der Waals surface area (Å²) in [5.41, 5.74) is 6.14. The first-order chi connectivity index (χ1) is 7.13. The van der Waals surface area contributed by atoms with Crippen molar-refractivity contribution in [3.05, 3.63) is 0 Å². The van der Waals surface area contributed by atoms with E-state index in [0.717, 1.165) is 12.3 Å². The molecule has 1 saturated carbocycles. The molecule has 0 aromatic heterocycles. The number of hydrogen-bond donors (Lipinski definition) is 1. The van der Waals surface area contributed by atoms with Crippen molar-refractivity contribution in [3.8, 4) is 0 Å². The minimum absolute atomic E-state index is 0.481. The molecular weight excluding hydrogens is 204 g/mol. The maximum Gasteiger partial charge on any atom is 0.0733 e. The maximum absolute atomic E-state index is 5.66. The molecule has 3 heteroatoms. The monoisotopic (exact) mass is 226 g/mol. The van der Waals surface area contributed by atoms with Gasteiger partial charge >= 0.3 is 0 Å². The molecule has 2 nitrogen and oxygen atoms in total. The summed E-state index contributed by atoms with van der Waals surface area (Å²) < 4.78 is 0. The van der Waals surface area contributed by atoms with Gasteiger partial charge in [-0.15, -0.1) is 0 Å². The Balaban J connectivity index is 1.80. The fourth-order valence-corrected chi connectivity index (χ4v) is 3.11. The summed E-state index contributed by atoms with van der Waals surface area (Å²) in [5, 5.41) is 0. The molecule has 2 N–H and O–H groups in total. The normalized spacial score (nSPS) is 29.3. The van der Waals surface area contributed by atoms with Crippen LogP contribution in [-0.4, -0.2) is 29.5 Å². The summed E-state index contributed by atoms with van der Waals surface area (Å²) in [6, 6.07) is 0. The highest BCUT2D eigenvalue weighted by molar-refractivity contribution is 7.80. The minimum Gasteiger partial charge on any atom is -0.393 e. The highest BCUT2D eigenvalue weighted by atomic mass is 32.1. The quantitative estimate of drug-likeness (QED) is 0.729. The van der Waals surface area contributed by atoms with Crippen LogP contribution in [0.3, 0.4) is 0 Å². The highest BCUT2D eigenvalue weighted by Gasteiger charge is 2.44. The molecular formula is C12H22N2S. The van der Waals surface area contributed by atoms with Crippen molar-refractivity contribution in [2.45, 2.75) is 39.0 Å². The van der Waals surface area contributed by atoms with Crippen LogP contribution in [0.25, 0.3) is 0 Å². The molecule has 1 aliphatic heterocycles. The predicted molar refractivity (Wildman–Crippen MR) is 67.9 cm³/mol. The molecule has 15 heavy (non-hydrogen) atoms. The lowest BCUT2D eigenvalue weighted by Gasteiger charge is -2.22. The third-order valence-corrected chi connectivity index (χ3v) is 4.16. The fourth-order valence-electron chi connectivity index (χ4n) is 2.80. The fraction of sp³-hybridized carbons (Fsp3) is 0.917. The van der Waals surface area contributed by atoms with Crippen molar-refractivity contribution in [1.29, 1.82) is 0 Å². The van der Waals surface area contributed by atoms with E-state index >= 15 is 0 Å². The number of nitrogens with two attached hydrogens (primary N) is 1. The lowest BCUT2D eigenvalue weighted by atomic mass is 10.0. The van der Waals surface area contributed by atoms with Gasteiger partial charge < -0.3 is 10.6 Å². The zero-order valence-electron chi connectivity index (χ0n) is 9.67. The standard InChI is InChI=1S/C12H22N2S/c1-2-10-3-6-14(8-10)9-12(4-5-12)7-11(13)15/h10H,2-9H2,1H3,(H2,13,15). The van der Waals surface area contributed by atoms with Gasteiger partial charge in [0.2, 0.25) is 0 Å². The third kappa shape index (κ3) is 2.91. The minimum atomic E-state index is 0.481. The molecule has 2 aliphatic rings. The number of nitrogens with zero attached hydrogens (tertiary/aromatic N) is 1. The van der Waals surface area contributed by atoms with Gasteiger partial charge in [-0.3, -0.25) is 0 Å². The third-order valence-electron chi connectivity index (χ3n) is 4.01. The number of rotatable bonds is 5. The molecule has 0 bridgehead atoms. The smallest absolute Gasteiger partial charge is 0.0733 e. The van der Waals surface area contributed by atoms with Gasteiger partial charge in [0.15, 0.2) is 0 Å². The van der Waals surface area contributed by atoms with Gasteiger partial charge in [-0.05, 0) is 37.1 Å². The van der Waals surface area contributed by atoms with Gasteiger partial charge in [0.25, 0.3) is 0 Å². The van der Waals surface area contributed by atoms with Crippen LogP contribution in [0.4, 0.5) is 0 Å². The Labute approximate surface area is 98.2 Å². The van der Waals surface area contributed by atoms with E-state index < -0.39 is 0 Å². The van der Waals surface area contributed by atoms with Crippen LogP contribution in [0.15, 0.2) is 0 Å². The number of likely N-dealkylation sites (tertiary alicyclic amines) is 1. The van der Waals surface area contributed by atoms with Crippen LogP contribution >= 0.6 is 12.2 Å². The van der Waals surface area contributed by atoms with E-state index in [2.05, 4.69) is 11.8 Å². The van der Waals surface area contributed by atoms with E-state index in [-0.39, 0.29) is 0 Å². The summed E-state index contributed by atoms with van der Waals surface area (Å²) in [5.74, 6) is 0.936. The highest BCUT2D eigenvalue weighted by Crippen LogP contribution is 2.49. The maximum atomic E-state index is 5.66. The first-order valence-corrected chi connectivity index (χ1v) is 6.55. The van der Waals surface area contributed by atoms with Gasteiger partial charge in [0.05, 0.1) is 4.99 Å². The molecule has 0 aromatic carbocycles. The second kappa shape index (κ2) is 4.38. The van der Waals surface area contributed by atoms with Crippen molar-refractivity contribution >= 4 is 17.2 Å². The molecule has 1 aliphatic carbocycles. The van der Waals surface area contributed by atoms with E-state index in [1.54, 1.807) is 0 Å². The Morgan fingerprint density at radius 3 is 2.73 bits per heavy atom. The van der Waals surface area contributed by atoms with Crippen LogP contribution in [0.2, 0.25) is 0 Å². The van der Waals surface area contributed by atoms with E-state index in [9.17, 15) is 0 Å². The second-order valence-corrected chi connectivity index (χ2v) is 5.97. The lowest BCUT2D eigenvalue weighted by Crippen LogP contribution is -2.30. The molecule has 0 amide bonds. The van der Waals surface area contributed by atoms with Gasteiger partial charge in [-0.2, -0.15) is 0 Å². The Hall–Kier alpha value is -0.150. The Bertz CT molecular complexity index is 248. The van der Waals surface area contributed by atoms with Gasteiger partial charge in [-0.1, -0.05) is 25.6 Å². The van der Waals surface area contributed by atoms with E-state index in [0.29, 0.717) is 10.4 Å². The predicted octanol–water partition coefficient (Wildman–Crippen LogP) is 2.17. The summed E-state index contributed by atoms with van der Waals surface area (Å²) in [6.07, 6.45) is 6.35. The second-order valence-electron chi connectivity index (χ2n) is 5.44. The summed E-state index contributed by atoms with van der Waals surface area (Å²) in [7, 11) is 0. The topological polar surface area (TPSA) is 29.3 Å². The number of hydrogen-bond acceptors (Lipinski definition) is 2. The van der Waals surface area contributed by atoms with Crippen LogP contribution in [0.5, 0.6) is 0 Å². The molecule has 0 aromatic rings. The van der Waals surface area contributed by atoms with Crippen molar-refractivity contribution in [1.82, 2.24) is 4.90 Å². The van der Waals surface area contributed by atoms with Crippen molar-refractivity contribution in [3.63, 3.8) is 0 Å². The van der Waals surface area contributed by atoms with Crippen LogP contribution < -0.4 is 5.73 Å². The zero-order chi connectivity index (χ0) is 10.9. The molecule has 86 valence electrons. The molecule has 0 spiro atoms. The Morgan fingerprint density at radius 2 is 2.27 bits per heavy atom. The Morgan fingerprint density at radius 1 is 1.53 bits per heavy atom. The first kappa shape index (κ1) is 11.3. The molecule has 1 saturated heterocycles. The lowest BCUT2D eigenvalue weighted by molar-refractivity contribution is 0.258. The van der Waals surface area contributed by atoms with Gasteiger partial charge in [-0.25, -0.2) is 0 Å². The van der Waals surface area contributed by atoms with Crippen molar-refractivity contribution in [2.75, 3.05) is 19.6 Å². The average molecular weight is 226 g/mol. The van der Waals surface area contributed by atoms with Crippen molar-refractivity contribution < 1.29 is 0 Å². The molecule has 2 fully saturated rings. The van der Waals surface area contributed by atoms with E-state index in [4.69, 9.17) is 18.0 Å². The molecule has 1 atom stereocenters. The summed E-state index contributed by atoms with van der Waals surface area (Å²) in [6.45, 7) is 6.13. The van der Waals surface area contributed by atoms with E-state index in [1.165, 1.54) is 45.3 Å². The summed E-state index contributed by atoms with van der Waals surface area (Å²) >= 11 is 5.03. The van der Waals surface area contributed by atoms with E-state index in [1.807, 2.05) is 0 Å². The summed E-state index contributed by atoms with van der Waals surface area (Å²) in [4.78, 5) is 3.33. The first-order valence-electron chi connectivity index (χ1n) is 6.14. The van der Waals surface area contributed by atoms with Crippen LogP contribution in [-0.2, 0) is 0 Å². The van der Waals surface area contributed by atoms with Crippen LogP contribution in [0, 0.1) is 11.3 Å².